The third-order valence-electron chi connectivity index (χ3n) is 5.44. The van der Waals surface area contributed by atoms with Crippen molar-refractivity contribution in [1.82, 2.24) is 10.3 Å². The first-order valence-electron chi connectivity index (χ1n) is 10.7. The molecule has 1 atom stereocenters. The van der Waals surface area contributed by atoms with E-state index >= 15 is 0 Å². The SMILES string of the molecule is COCCNC(=O)COC(=O)c1c2c(nc3ccccc13)/C(=C\c1ccco1)CC(C)C2. The van der Waals surface area contributed by atoms with Crippen molar-refractivity contribution in [1.29, 1.82) is 0 Å². The maximum atomic E-state index is 13.2. The number of hydrogen-bond acceptors (Lipinski definition) is 6. The molecule has 3 aromatic rings. The summed E-state index contributed by atoms with van der Waals surface area (Å²) >= 11 is 0. The Kier molecular flexibility index (Phi) is 6.66. The van der Waals surface area contributed by atoms with Crippen molar-refractivity contribution in [3.63, 3.8) is 0 Å². The third-order valence-corrected chi connectivity index (χ3v) is 5.44. The van der Waals surface area contributed by atoms with Crippen molar-refractivity contribution in [2.75, 3.05) is 26.9 Å². The van der Waals surface area contributed by atoms with Gasteiger partial charge in [0.1, 0.15) is 5.76 Å². The second-order valence-corrected chi connectivity index (χ2v) is 7.95. The lowest BCUT2D eigenvalue weighted by molar-refractivity contribution is -0.124. The van der Waals surface area contributed by atoms with Crippen LogP contribution in [-0.4, -0.2) is 43.7 Å². The number of fused-ring (bicyclic) bond motifs is 2. The summed E-state index contributed by atoms with van der Waals surface area (Å²) < 4.78 is 15.8. The zero-order valence-corrected chi connectivity index (χ0v) is 18.2. The van der Waals surface area contributed by atoms with Gasteiger partial charge in [0.05, 0.1) is 29.6 Å². The molecule has 1 aliphatic rings. The Balaban J connectivity index is 1.71. The molecule has 1 amide bonds. The first-order valence-corrected chi connectivity index (χ1v) is 10.7. The summed E-state index contributed by atoms with van der Waals surface area (Å²) in [5.74, 6) is 0.171. The predicted molar refractivity (Wildman–Crippen MR) is 121 cm³/mol. The van der Waals surface area contributed by atoms with Gasteiger partial charge >= 0.3 is 5.97 Å². The van der Waals surface area contributed by atoms with Gasteiger partial charge in [-0.15, -0.1) is 0 Å². The standard InChI is InChI=1S/C25H26N2O5/c1-16-12-17(14-18-6-5-10-31-18)24-20(13-16)23(19-7-3-4-8-21(19)27-24)25(29)32-15-22(28)26-9-11-30-2/h3-8,10,14,16H,9,11-13,15H2,1-2H3,(H,26,28)/b17-14-. The average Bonchev–Trinajstić information content (AvgIpc) is 3.29. The van der Waals surface area contributed by atoms with Gasteiger partial charge in [-0.1, -0.05) is 25.1 Å². The van der Waals surface area contributed by atoms with Crippen LogP contribution in [0.3, 0.4) is 0 Å². The van der Waals surface area contributed by atoms with Gasteiger partial charge in [0.2, 0.25) is 0 Å². The summed E-state index contributed by atoms with van der Waals surface area (Å²) in [7, 11) is 1.56. The molecule has 0 saturated carbocycles. The highest BCUT2D eigenvalue weighted by molar-refractivity contribution is 6.07. The van der Waals surface area contributed by atoms with Crippen LogP contribution in [0.2, 0.25) is 0 Å². The molecule has 2 aromatic heterocycles. The first-order chi connectivity index (χ1) is 15.6. The highest BCUT2D eigenvalue weighted by Gasteiger charge is 2.29. The number of pyridine rings is 1. The summed E-state index contributed by atoms with van der Waals surface area (Å²) in [5.41, 5.74) is 3.85. The average molecular weight is 434 g/mol. The molecule has 0 spiro atoms. The summed E-state index contributed by atoms with van der Waals surface area (Å²) in [5, 5.41) is 3.38. The normalized spacial score (nSPS) is 16.7. The number of hydrogen-bond donors (Lipinski definition) is 1. The van der Waals surface area contributed by atoms with E-state index in [4.69, 9.17) is 18.9 Å². The Labute approximate surface area is 186 Å². The molecule has 1 aliphatic carbocycles. The number of amides is 1. The number of carbonyl (C=O) groups excluding carboxylic acids is 2. The first kappa shape index (κ1) is 21.8. The minimum atomic E-state index is -0.520. The molecule has 1 aromatic carbocycles. The lowest BCUT2D eigenvalue weighted by Gasteiger charge is -2.26. The zero-order chi connectivity index (χ0) is 22.5. The van der Waals surface area contributed by atoms with Crippen molar-refractivity contribution in [3.05, 3.63) is 65.2 Å². The summed E-state index contributed by atoms with van der Waals surface area (Å²) in [6.45, 7) is 2.55. The summed E-state index contributed by atoms with van der Waals surface area (Å²) in [4.78, 5) is 30.1. The smallest absolute Gasteiger partial charge is 0.339 e. The molecule has 0 aliphatic heterocycles. The molecule has 2 heterocycles. The van der Waals surface area contributed by atoms with Crippen LogP contribution in [0.1, 0.15) is 40.7 Å². The molecule has 0 saturated heterocycles. The third kappa shape index (κ3) is 4.73. The van der Waals surface area contributed by atoms with E-state index in [1.165, 1.54) is 0 Å². The van der Waals surface area contributed by atoms with Crippen molar-refractivity contribution >= 4 is 34.4 Å². The van der Waals surface area contributed by atoms with E-state index in [9.17, 15) is 9.59 Å². The summed E-state index contributed by atoms with van der Waals surface area (Å²) in [6, 6.07) is 11.2. The Bertz CT molecular complexity index is 1150. The van der Waals surface area contributed by atoms with E-state index in [0.29, 0.717) is 36.6 Å². The number of allylic oxidation sites excluding steroid dienone is 1. The number of para-hydroxylation sites is 1. The number of aromatic nitrogens is 1. The second-order valence-electron chi connectivity index (χ2n) is 7.95. The van der Waals surface area contributed by atoms with Crippen LogP contribution in [0.15, 0.2) is 47.1 Å². The Morgan fingerprint density at radius 2 is 2.06 bits per heavy atom. The molecule has 7 nitrogen and oxygen atoms in total. The number of benzene rings is 1. The molecule has 1 N–H and O–H groups in total. The molecule has 166 valence electrons. The minimum absolute atomic E-state index is 0.315. The van der Waals surface area contributed by atoms with E-state index in [0.717, 1.165) is 34.4 Å². The molecule has 4 rings (SSSR count). The molecule has 0 bridgehead atoms. The maximum Gasteiger partial charge on any atom is 0.339 e. The van der Waals surface area contributed by atoms with E-state index in [1.807, 2.05) is 42.5 Å². The van der Waals surface area contributed by atoms with Crippen LogP contribution in [-0.2, 0) is 20.7 Å². The van der Waals surface area contributed by atoms with E-state index < -0.39 is 5.97 Å². The fourth-order valence-corrected chi connectivity index (χ4v) is 4.06. The van der Waals surface area contributed by atoms with Crippen molar-refractivity contribution in [2.24, 2.45) is 5.92 Å². The lowest BCUT2D eigenvalue weighted by atomic mass is 9.81. The number of esters is 1. The number of methoxy groups -OCH3 is 1. The quantitative estimate of drug-likeness (QED) is 0.448. The van der Waals surface area contributed by atoms with Crippen LogP contribution in [0.4, 0.5) is 0 Å². The number of nitrogens with zero attached hydrogens (tertiary/aromatic N) is 1. The second kappa shape index (κ2) is 9.78. The van der Waals surface area contributed by atoms with Gasteiger partial charge in [-0.05, 0) is 54.2 Å². The van der Waals surface area contributed by atoms with Crippen LogP contribution in [0.5, 0.6) is 0 Å². The number of furan rings is 1. The van der Waals surface area contributed by atoms with Crippen molar-refractivity contribution in [3.8, 4) is 0 Å². The number of ether oxygens (including phenoxy) is 2. The monoisotopic (exact) mass is 434 g/mol. The number of carbonyl (C=O) groups is 2. The zero-order valence-electron chi connectivity index (χ0n) is 18.2. The van der Waals surface area contributed by atoms with Gasteiger partial charge in [-0.25, -0.2) is 9.78 Å². The van der Waals surface area contributed by atoms with Crippen LogP contribution in [0.25, 0.3) is 22.6 Å². The molecule has 1 unspecified atom stereocenters. The minimum Gasteiger partial charge on any atom is -0.465 e. The Morgan fingerprint density at radius 1 is 1.22 bits per heavy atom. The highest BCUT2D eigenvalue weighted by atomic mass is 16.5. The number of rotatable bonds is 7. The molecular weight excluding hydrogens is 408 g/mol. The van der Waals surface area contributed by atoms with E-state index in [2.05, 4.69) is 12.2 Å². The highest BCUT2D eigenvalue weighted by Crippen LogP contribution is 2.38. The predicted octanol–water partition coefficient (Wildman–Crippen LogP) is 3.87. The van der Waals surface area contributed by atoms with Gasteiger partial charge in [0.25, 0.3) is 5.91 Å². The van der Waals surface area contributed by atoms with Gasteiger partial charge in [-0.3, -0.25) is 4.79 Å². The fourth-order valence-electron chi connectivity index (χ4n) is 4.06. The van der Waals surface area contributed by atoms with Gasteiger partial charge in [0, 0.05) is 19.0 Å². The van der Waals surface area contributed by atoms with Crippen molar-refractivity contribution in [2.45, 2.75) is 19.8 Å². The lowest BCUT2D eigenvalue weighted by Crippen LogP contribution is -2.31. The van der Waals surface area contributed by atoms with Gasteiger partial charge < -0.3 is 19.2 Å². The topological polar surface area (TPSA) is 90.7 Å². The molecular formula is C25H26N2O5. The largest absolute Gasteiger partial charge is 0.465 e. The number of nitrogens with one attached hydrogen (secondary N) is 1. The molecule has 0 radical (unpaired) electrons. The van der Waals surface area contributed by atoms with Crippen LogP contribution >= 0.6 is 0 Å². The Morgan fingerprint density at radius 3 is 2.84 bits per heavy atom. The van der Waals surface area contributed by atoms with Gasteiger partial charge in [-0.2, -0.15) is 0 Å². The Hall–Kier alpha value is -3.45. The molecule has 32 heavy (non-hydrogen) atoms. The van der Waals surface area contributed by atoms with Crippen LogP contribution in [0, 0.1) is 5.92 Å². The summed E-state index contributed by atoms with van der Waals surface area (Å²) in [6.07, 6.45) is 5.14. The fraction of sp³-hybridized carbons (Fsp3) is 0.320. The van der Waals surface area contributed by atoms with Crippen molar-refractivity contribution < 1.29 is 23.5 Å². The maximum absolute atomic E-state index is 13.2. The van der Waals surface area contributed by atoms with Gasteiger partial charge in [0.15, 0.2) is 6.61 Å². The van der Waals surface area contributed by atoms with Crippen LogP contribution < -0.4 is 5.32 Å². The van der Waals surface area contributed by atoms with E-state index in [1.54, 1.807) is 13.4 Å². The van der Waals surface area contributed by atoms with E-state index in [-0.39, 0.29) is 12.5 Å². The molecule has 7 heteroatoms. The molecule has 0 fully saturated rings.